The minimum absolute atomic E-state index is 0.544. The third-order valence-electron chi connectivity index (χ3n) is 4.59. The average Bonchev–Trinajstić information content (AvgIpc) is 2.99. The van der Waals surface area contributed by atoms with Gasteiger partial charge in [0.1, 0.15) is 12.4 Å². The molecule has 0 atom stereocenters. The van der Waals surface area contributed by atoms with Gasteiger partial charge in [0, 0.05) is 18.0 Å². The summed E-state index contributed by atoms with van der Waals surface area (Å²) in [5.41, 5.74) is 2.32. The van der Waals surface area contributed by atoms with Gasteiger partial charge in [-0.1, -0.05) is 19.1 Å². The molecular formula is C19H26N2OS. The number of ether oxygens (including phenoxy) is 1. The standard InChI is InChI=1S/C19H26N2OS/c1-14-3-7-17(8-4-14)20-11-16-5-9-19(10-6-16)22-12-18-13-23-15(2)21-18/h5-6,9-10,13-14,17,20H,3-4,7-8,11-12H2,1-2H3. The summed E-state index contributed by atoms with van der Waals surface area (Å²) in [6.07, 6.45) is 5.35. The van der Waals surface area contributed by atoms with E-state index < -0.39 is 0 Å². The lowest BCUT2D eigenvalue weighted by atomic mass is 9.87. The second-order valence-corrected chi connectivity index (χ2v) is 7.69. The highest BCUT2D eigenvalue weighted by atomic mass is 32.1. The largest absolute Gasteiger partial charge is 0.487 e. The first kappa shape index (κ1) is 16.5. The number of nitrogens with zero attached hydrogens (tertiary/aromatic N) is 1. The molecule has 0 radical (unpaired) electrons. The van der Waals surface area contributed by atoms with Crippen LogP contribution in [0.4, 0.5) is 0 Å². The van der Waals surface area contributed by atoms with Gasteiger partial charge in [0.15, 0.2) is 0 Å². The molecule has 1 aromatic heterocycles. The Balaban J connectivity index is 1.43. The fourth-order valence-electron chi connectivity index (χ4n) is 3.06. The maximum atomic E-state index is 5.79. The van der Waals surface area contributed by atoms with Crippen molar-refractivity contribution < 1.29 is 4.74 Å². The molecule has 0 spiro atoms. The van der Waals surface area contributed by atoms with E-state index in [0.717, 1.165) is 28.9 Å². The van der Waals surface area contributed by atoms with Gasteiger partial charge in [0.2, 0.25) is 0 Å². The Hall–Kier alpha value is -1.39. The number of benzene rings is 1. The van der Waals surface area contributed by atoms with Crippen LogP contribution in [0.15, 0.2) is 29.6 Å². The van der Waals surface area contributed by atoms with Crippen LogP contribution in [0.1, 0.15) is 48.9 Å². The highest BCUT2D eigenvalue weighted by Crippen LogP contribution is 2.23. The molecular weight excluding hydrogens is 304 g/mol. The Kier molecular flexibility index (Phi) is 5.68. The molecule has 1 aromatic carbocycles. The maximum Gasteiger partial charge on any atom is 0.131 e. The quantitative estimate of drug-likeness (QED) is 0.833. The average molecular weight is 330 g/mol. The number of aryl methyl sites for hydroxylation is 1. The smallest absolute Gasteiger partial charge is 0.131 e. The van der Waals surface area contributed by atoms with Gasteiger partial charge >= 0.3 is 0 Å². The van der Waals surface area contributed by atoms with E-state index in [1.165, 1.54) is 31.2 Å². The van der Waals surface area contributed by atoms with Crippen LogP contribution in [0.5, 0.6) is 5.75 Å². The summed E-state index contributed by atoms with van der Waals surface area (Å²) < 4.78 is 5.79. The third kappa shape index (κ3) is 5.05. The number of hydrogen-bond donors (Lipinski definition) is 1. The fourth-order valence-corrected chi connectivity index (χ4v) is 3.66. The third-order valence-corrected chi connectivity index (χ3v) is 5.41. The predicted octanol–water partition coefficient (Wildman–Crippen LogP) is 4.70. The summed E-state index contributed by atoms with van der Waals surface area (Å²) >= 11 is 1.66. The first-order valence-corrected chi connectivity index (χ1v) is 9.43. The van der Waals surface area contributed by atoms with Gasteiger partial charge in [-0.25, -0.2) is 4.98 Å². The zero-order valence-corrected chi connectivity index (χ0v) is 14.9. The Morgan fingerprint density at radius 1 is 1.17 bits per heavy atom. The van der Waals surface area contributed by atoms with Crippen LogP contribution in [0.3, 0.4) is 0 Å². The van der Waals surface area contributed by atoms with Crippen LogP contribution in [0.2, 0.25) is 0 Å². The topological polar surface area (TPSA) is 34.1 Å². The second-order valence-electron chi connectivity index (χ2n) is 6.63. The van der Waals surface area contributed by atoms with Crippen molar-refractivity contribution in [2.45, 2.75) is 58.7 Å². The first-order valence-electron chi connectivity index (χ1n) is 8.55. The van der Waals surface area contributed by atoms with Crippen LogP contribution < -0.4 is 10.1 Å². The SMILES string of the molecule is Cc1nc(COc2ccc(CNC3CCC(C)CC3)cc2)cs1. The van der Waals surface area contributed by atoms with E-state index in [-0.39, 0.29) is 0 Å². The summed E-state index contributed by atoms with van der Waals surface area (Å²) in [7, 11) is 0. The fraction of sp³-hybridized carbons (Fsp3) is 0.526. The van der Waals surface area contributed by atoms with Gasteiger partial charge in [-0.3, -0.25) is 0 Å². The zero-order chi connectivity index (χ0) is 16.1. The number of hydrogen-bond acceptors (Lipinski definition) is 4. The minimum atomic E-state index is 0.544. The lowest BCUT2D eigenvalue weighted by Gasteiger charge is -2.27. The van der Waals surface area contributed by atoms with Gasteiger partial charge in [0.05, 0.1) is 10.7 Å². The van der Waals surface area contributed by atoms with Crippen molar-refractivity contribution in [1.29, 1.82) is 0 Å². The Bertz CT molecular complexity index is 600. The van der Waals surface area contributed by atoms with E-state index in [4.69, 9.17) is 4.74 Å². The Labute approximate surface area is 143 Å². The molecule has 0 saturated heterocycles. The maximum absolute atomic E-state index is 5.79. The molecule has 3 rings (SSSR count). The lowest BCUT2D eigenvalue weighted by Crippen LogP contribution is -2.32. The van der Waals surface area contributed by atoms with Crippen molar-refractivity contribution in [2.75, 3.05) is 0 Å². The molecule has 0 aliphatic heterocycles. The molecule has 1 aliphatic carbocycles. The number of nitrogens with one attached hydrogen (secondary N) is 1. The van der Waals surface area contributed by atoms with Crippen LogP contribution in [-0.2, 0) is 13.2 Å². The van der Waals surface area contributed by atoms with E-state index in [1.807, 2.05) is 6.92 Å². The second kappa shape index (κ2) is 7.93. The summed E-state index contributed by atoms with van der Waals surface area (Å²) in [6, 6.07) is 9.11. The monoisotopic (exact) mass is 330 g/mol. The molecule has 23 heavy (non-hydrogen) atoms. The number of thiazole rings is 1. The van der Waals surface area contributed by atoms with Gasteiger partial charge in [-0.2, -0.15) is 0 Å². The van der Waals surface area contributed by atoms with Crippen molar-refractivity contribution >= 4 is 11.3 Å². The molecule has 1 aliphatic rings. The van der Waals surface area contributed by atoms with Crippen LogP contribution in [0, 0.1) is 12.8 Å². The summed E-state index contributed by atoms with van der Waals surface area (Å²) in [4.78, 5) is 4.41. The molecule has 2 aromatic rings. The molecule has 3 nitrogen and oxygen atoms in total. The van der Waals surface area contributed by atoms with E-state index >= 15 is 0 Å². The molecule has 4 heteroatoms. The van der Waals surface area contributed by atoms with Crippen LogP contribution >= 0.6 is 11.3 Å². The van der Waals surface area contributed by atoms with Gasteiger partial charge in [-0.15, -0.1) is 11.3 Å². The molecule has 1 saturated carbocycles. The van der Waals surface area contributed by atoms with E-state index in [2.05, 4.69) is 46.9 Å². The van der Waals surface area contributed by atoms with Crippen molar-refractivity contribution in [2.24, 2.45) is 5.92 Å². The van der Waals surface area contributed by atoms with Gasteiger partial charge in [0.25, 0.3) is 0 Å². The van der Waals surface area contributed by atoms with Gasteiger partial charge in [-0.05, 0) is 56.2 Å². The summed E-state index contributed by atoms with van der Waals surface area (Å²) in [6.45, 7) is 5.87. The highest BCUT2D eigenvalue weighted by molar-refractivity contribution is 7.09. The first-order chi connectivity index (χ1) is 11.2. The molecule has 124 valence electrons. The van der Waals surface area contributed by atoms with Crippen LogP contribution in [-0.4, -0.2) is 11.0 Å². The van der Waals surface area contributed by atoms with Crippen molar-refractivity contribution in [3.8, 4) is 5.75 Å². The van der Waals surface area contributed by atoms with E-state index in [0.29, 0.717) is 12.6 Å². The zero-order valence-electron chi connectivity index (χ0n) is 14.0. The Morgan fingerprint density at radius 2 is 1.91 bits per heavy atom. The van der Waals surface area contributed by atoms with E-state index in [9.17, 15) is 0 Å². The molecule has 0 amide bonds. The Morgan fingerprint density at radius 3 is 2.57 bits per heavy atom. The summed E-state index contributed by atoms with van der Waals surface area (Å²) in [5, 5.41) is 6.83. The van der Waals surface area contributed by atoms with Crippen molar-refractivity contribution in [3.05, 3.63) is 45.9 Å². The minimum Gasteiger partial charge on any atom is -0.487 e. The highest BCUT2D eigenvalue weighted by Gasteiger charge is 2.17. The predicted molar refractivity (Wildman–Crippen MR) is 95.9 cm³/mol. The number of rotatable bonds is 6. The molecule has 0 bridgehead atoms. The summed E-state index contributed by atoms with van der Waals surface area (Å²) in [5.74, 6) is 1.82. The van der Waals surface area contributed by atoms with Crippen LogP contribution in [0.25, 0.3) is 0 Å². The van der Waals surface area contributed by atoms with E-state index in [1.54, 1.807) is 11.3 Å². The van der Waals surface area contributed by atoms with Gasteiger partial charge < -0.3 is 10.1 Å². The van der Waals surface area contributed by atoms with Crippen molar-refractivity contribution in [1.82, 2.24) is 10.3 Å². The normalized spacial score (nSPS) is 21.3. The molecule has 1 fully saturated rings. The number of aromatic nitrogens is 1. The molecule has 1 N–H and O–H groups in total. The molecule has 0 unspecified atom stereocenters. The molecule has 1 heterocycles. The lowest BCUT2D eigenvalue weighted by molar-refractivity contribution is 0.301. The van der Waals surface area contributed by atoms with Crippen molar-refractivity contribution in [3.63, 3.8) is 0 Å².